The van der Waals surface area contributed by atoms with E-state index in [1.54, 1.807) is 0 Å². The molecule has 1 aliphatic rings. The number of rotatable bonds is 0. The molecule has 0 aromatic heterocycles. The van der Waals surface area contributed by atoms with Gasteiger partial charge in [-0.3, -0.25) is 4.79 Å². The summed E-state index contributed by atoms with van der Waals surface area (Å²) in [4.78, 5) is 11.3. The van der Waals surface area contributed by atoms with E-state index in [1.165, 1.54) is 5.56 Å². The van der Waals surface area contributed by atoms with Gasteiger partial charge in [0, 0.05) is 10.1 Å². The highest BCUT2D eigenvalue weighted by molar-refractivity contribution is 14.1. The van der Waals surface area contributed by atoms with Gasteiger partial charge in [-0.1, -0.05) is 6.07 Å². The highest BCUT2D eigenvalue weighted by atomic mass is 127. The second kappa shape index (κ2) is 2.73. The third kappa shape index (κ3) is 1.03. The van der Waals surface area contributed by atoms with Crippen LogP contribution in [0.15, 0.2) is 12.1 Å². The molecule has 2 nitrogen and oxygen atoms in total. The van der Waals surface area contributed by atoms with Gasteiger partial charge < -0.3 is 5.32 Å². The van der Waals surface area contributed by atoms with Crippen molar-refractivity contribution in [3.8, 4) is 0 Å². The Morgan fingerprint density at radius 2 is 2.25 bits per heavy atom. The van der Waals surface area contributed by atoms with Crippen molar-refractivity contribution in [1.29, 1.82) is 0 Å². The number of benzene rings is 1. The summed E-state index contributed by atoms with van der Waals surface area (Å²) in [6.07, 6.45) is 0. The number of amides is 1. The Labute approximate surface area is 84.5 Å². The van der Waals surface area contributed by atoms with E-state index in [0.29, 0.717) is 6.54 Å². The Hall–Kier alpha value is -0.580. The van der Waals surface area contributed by atoms with E-state index in [2.05, 4.69) is 34.0 Å². The highest BCUT2D eigenvalue weighted by Gasteiger charge is 2.22. The minimum atomic E-state index is 0.0677. The van der Waals surface area contributed by atoms with Crippen molar-refractivity contribution in [3.63, 3.8) is 0 Å². The molecule has 0 saturated carbocycles. The SMILES string of the molecule is Cc1ccc(I)c2c1CNC2=O. The minimum absolute atomic E-state index is 0.0677. The Morgan fingerprint density at radius 1 is 1.50 bits per heavy atom. The van der Waals surface area contributed by atoms with Gasteiger partial charge in [-0.25, -0.2) is 0 Å². The molecule has 0 bridgehead atoms. The molecule has 12 heavy (non-hydrogen) atoms. The molecule has 0 saturated heterocycles. The first-order valence-corrected chi connectivity index (χ1v) is 4.84. The summed E-state index contributed by atoms with van der Waals surface area (Å²) < 4.78 is 1.04. The Bertz CT molecular complexity index is 360. The average Bonchev–Trinajstić information content (AvgIpc) is 2.42. The van der Waals surface area contributed by atoms with Gasteiger partial charge in [-0.05, 0) is 46.7 Å². The van der Waals surface area contributed by atoms with Crippen LogP contribution in [0.4, 0.5) is 0 Å². The summed E-state index contributed by atoms with van der Waals surface area (Å²) in [5.41, 5.74) is 3.23. The summed E-state index contributed by atoms with van der Waals surface area (Å²) in [5, 5.41) is 2.82. The summed E-state index contributed by atoms with van der Waals surface area (Å²) in [7, 11) is 0. The summed E-state index contributed by atoms with van der Waals surface area (Å²) in [6, 6.07) is 4.04. The van der Waals surface area contributed by atoms with Crippen LogP contribution in [0.2, 0.25) is 0 Å². The first-order valence-electron chi connectivity index (χ1n) is 3.76. The Kier molecular flexibility index (Phi) is 1.83. The van der Waals surface area contributed by atoms with E-state index in [0.717, 1.165) is 14.7 Å². The summed E-state index contributed by atoms with van der Waals surface area (Å²) in [6.45, 7) is 2.73. The number of carbonyl (C=O) groups is 1. The molecular weight excluding hydrogens is 265 g/mol. The molecule has 1 heterocycles. The normalized spacial score (nSPS) is 14.3. The van der Waals surface area contributed by atoms with Gasteiger partial charge >= 0.3 is 0 Å². The zero-order chi connectivity index (χ0) is 8.72. The quantitative estimate of drug-likeness (QED) is 0.718. The molecule has 1 aromatic rings. The average molecular weight is 273 g/mol. The lowest BCUT2D eigenvalue weighted by atomic mass is 10.1. The molecule has 1 aliphatic heterocycles. The van der Waals surface area contributed by atoms with Crippen LogP contribution in [0.25, 0.3) is 0 Å². The molecule has 0 spiro atoms. The first-order chi connectivity index (χ1) is 5.70. The molecular formula is C9H8INO. The molecule has 1 amide bonds. The number of carbonyl (C=O) groups excluding carboxylic acids is 1. The van der Waals surface area contributed by atoms with Gasteiger partial charge in [-0.2, -0.15) is 0 Å². The molecule has 3 heteroatoms. The lowest BCUT2D eigenvalue weighted by molar-refractivity contribution is 0.0965. The Morgan fingerprint density at radius 3 is 2.92 bits per heavy atom. The monoisotopic (exact) mass is 273 g/mol. The number of halogens is 1. The van der Waals surface area contributed by atoms with E-state index in [4.69, 9.17) is 0 Å². The van der Waals surface area contributed by atoms with Crippen LogP contribution in [-0.2, 0) is 6.54 Å². The maximum absolute atomic E-state index is 11.3. The van der Waals surface area contributed by atoms with Gasteiger partial charge in [0.2, 0.25) is 0 Å². The Balaban J connectivity index is 2.72. The van der Waals surface area contributed by atoms with Crippen LogP contribution in [-0.4, -0.2) is 5.91 Å². The van der Waals surface area contributed by atoms with Crippen LogP contribution in [0.1, 0.15) is 21.5 Å². The smallest absolute Gasteiger partial charge is 0.252 e. The molecule has 1 aromatic carbocycles. The molecule has 0 aliphatic carbocycles. The van der Waals surface area contributed by atoms with Crippen LogP contribution < -0.4 is 5.32 Å². The van der Waals surface area contributed by atoms with Crippen molar-refractivity contribution < 1.29 is 4.79 Å². The number of nitrogens with one attached hydrogen (secondary N) is 1. The van der Waals surface area contributed by atoms with Crippen molar-refractivity contribution in [3.05, 3.63) is 32.4 Å². The molecule has 0 atom stereocenters. The lowest BCUT2D eigenvalue weighted by Crippen LogP contribution is -2.13. The van der Waals surface area contributed by atoms with Crippen molar-refractivity contribution >= 4 is 28.5 Å². The van der Waals surface area contributed by atoms with E-state index in [9.17, 15) is 4.79 Å². The third-order valence-corrected chi connectivity index (χ3v) is 3.05. The van der Waals surface area contributed by atoms with Crippen molar-refractivity contribution in [2.45, 2.75) is 13.5 Å². The third-order valence-electron chi connectivity index (χ3n) is 2.15. The lowest BCUT2D eigenvalue weighted by Gasteiger charge is -2.01. The number of hydrogen-bond acceptors (Lipinski definition) is 1. The standard InChI is InChI=1S/C9H8INO/c1-5-2-3-7(10)8-6(5)4-11-9(8)12/h2-3H,4H2,1H3,(H,11,12). The largest absolute Gasteiger partial charge is 0.348 e. The molecule has 62 valence electrons. The number of aryl methyl sites for hydroxylation is 1. The van der Waals surface area contributed by atoms with Gasteiger partial charge in [0.15, 0.2) is 0 Å². The van der Waals surface area contributed by atoms with Crippen LogP contribution in [0.3, 0.4) is 0 Å². The zero-order valence-corrected chi connectivity index (χ0v) is 8.81. The van der Waals surface area contributed by atoms with E-state index >= 15 is 0 Å². The predicted octanol–water partition coefficient (Wildman–Crippen LogP) is 1.84. The second-order valence-electron chi connectivity index (χ2n) is 2.90. The fourth-order valence-corrected chi connectivity index (χ4v) is 2.20. The topological polar surface area (TPSA) is 29.1 Å². The molecule has 1 N–H and O–H groups in total. The van der Waals surface area contributed by atoms with Crippen LogP contribution >= 0.6 is 22.6 Å². The molecule has 0 fully saturated rings. The zero-order valence-electron chi connectivity index (χ0n) is 6.65. The number of fused-ring (bicyclic) bond motifs is 1. The summed E-state index contributed by atoms with van der Waals surface area (Å²) >= 11 is 2.20. The second-order valence-corrected chi connectivity index (χ2v) is 4.06. The molecule has 0 radical (unpaired) electrons. The molecule has 2 rings (SSSR count). The summed E-state index contributed by atoms with van der Waals surface area (Å²) in [5.74, 6) is 0.0677. The van der Waals surface area contributed by atoms with E-state index in [1.807, 2.05) is 13.0 Å². The van der Waals surface area contributed by atoms with Crippen LogP contribution in [0.5, 0.6) is 0 Å². The van der Waals surface area contributed by atoms with E-state index in [-0.39, 0.29) is 5.91 Å². The fourth-order valence-electron chi connectivity index (χ4n) is 1.45. The van der Waals surface area contributed by atoms with Gasteiger partial charge in [0.25, 0.3) is 5.91 Å². The highest BCUT2D eigenvalue weighted by Crippen LogP contribution is 2.24. The first kappa shape index (κ1) is 8.04. The predicted molar refractivity (Wildman–Crippen MR) is 55.1 cm³/mol. The van der Waals surface area contributed by atoms with Gasteiger partial charge in [0.05, 0.1) is 5.56 Å². The van der Waals surface area contributed by atoms with Crippen molar-refractivity contribution in [2.24, 2.45) is 0 Å². The van der Waals surface area contributed by atoms with Crippen molar-refractivity contribution in [1.82, 2.24) is 5.32 Å². The van der Waals surface area contributed by atoms with Crippen molar-refractivity contribution in [2.75, 3.05) is 0 Å². The van der Waals surface area contributed by atoms with Gasteiger partial charge in [0.1, 0.15) is 0 Å². The maximum atomic E-state index is 11.3. The van der Waals surface area contributed by atoms with Gasteiger partial charge in [-0.15, -0.1) is 0 Å². The van der Waals surface area contributed by atoms with Crippen LogP contribution in [0, 0.1) is 10.5 Å². The minimum Gasteiger partial charge on any atom is -0.348 e. The molecule has 0 unspecified atom stereocenters. The maximum Gasteiger partial charge on any atom is 0.252 e. The number of hydrogen-bond donors (Lipinski definition) is 1. The fraction of sp³-hybridized carbons (Fsp3) is 0.222. The van der Waals surface area contributed by atoms with E-state index < -0.39 is 0 Å².